The average Bonchev–Trinajstić information content (AvgIpc) is 2.71. The molecule has 1 aromatic carbocycles. The number of rotatable bonds is 3. The molecule has 1 aromatic heterocycles. The van der Waals surface area contributed by atoms with Crippen LogP contribution < -0.4 is 5.32 Å². The van der Waals surface area contributed by atoms with Crippen LogP contribution in [0.3, 0.4) is 0 Å². The molecule has 0 unspecified atom stereocenters. The zero-order chi connectivity index (χ0) is 11.5. The van der Waals surface area contributed by atoms with Crippen molar-refractivity contribution < 1.29 is 8.81 Å². The molecule has 0 saturated heterocycles. The van der Waals surface area contributed by atoms with Gasteiger partial charge in [0.15, 0.2) is 0 Å². The van der Waals surface area contributed by atoms with Crippen LogP contribution in [0.5, 0.6) is 0 Å². The molecule has 1 N–H and O–H groups in total. The van der Waals surface area contributed by atoms with Gasteiger partial charge in [-0.25, -0.2) is 4.39 Å². The number of hydrogen-bond acceptors (Lipinski definition) is 4. The van der Waals surface area contributed by atoms with Crippen LogP contribution in [-0.4, -0.2) is 17.2 Å². The Morgan fingerprint density at radius 1 is 1.44 bits per heavy atom. The molecule has 0 bridgehead atoms. The van der Waals surface area contributed by atoms with Gasteiger partial charge >= 0.3 is 0 Å². The zero-order valence-electron chi connectivity index (χ0n) is 8.50. The van der Waals surface area contributed by atoms with Gasteiger partial charge in [0.2, 0.25) is 5.89 Å². The molecule has 0 atom stereocenters. The molecule has 0 saturated carbocycles. The summed E-state index contributed by atoms with van der Waals surface area (Å²) < 4.78 is 18.7. The van der Waals surface area contributed by atoms with Crippen LogP contribution in [0.25, 0.3) is 11.5 Å². The van der Waals surface area contributed by atoms with Crippen LogP contribution in [0.4, 0.5) is 4.39 Å². The van der Waals surface area contributed by atoms with E-state index in [0.717, 1.165) is 0 Å². The standard InChI is InChI=1S/C10H9ClFN3O/c1-13-5-9-14-15-10(16-9)7-4-6(11)2-3-8(7)12/h2-4,13H,5H2,1H3. The van der Waals surface area contributed by atoms with E-state index < -0.39 is 5.82 Å². The minimum Gasteiger partial charge on any atom is -0.419 e. The van der Waals surface area contributed by atoms with Gasteiger partial charge in [-0.15, -0.1) is 10.2 Å². The van der Waals surface area contributed by atoms with E-state index in [0.29, 0.717) is 17.5 Å². The molecule has 0 radical (unpaired) electrons. The Morgan fingerprint density at radius 2 is 2.25 bits per heavy atom. The highest BCUT2D eigenvalue weighted by molar-refractivity contribution is 6.30. The van der Waals surface area contributed by atoms with Crippen molar-refractivity contribution in [1.82, 2.24) is 15.5 Å². The van der Waals surface area contributed by atoms with E-state index in [1.807, 2.05) is 0 Å². The van der Waals surface area contributed by atoms with Gasteiger partial charge in [0, 0.05) is 5.02 Å². The first kappa shape index (κ1) is 11.0. The molecule has 0 aliphatic rings. The van der Waals surface area contributed by atoms with Gasteiger partial charge in [-0.05, 0) is 25.2 Å². The molecule has 4 nitrogen and oxygen atoms in total. The van der Waals surface area contributed by atoms with Gasteiger partial charge < -0.3 is 9.73 Å². The quantitative estimate of drug-likeness (QED) is 0.896. The van der Waals surface area contributed by atoms with E-state index in [1.54, 1.807) is 7.05 Å². The van der Waals surface area contributed by atoms with Gasteiger partial charge in [-0.3, -0.25) is 0 Å². The van der Waals surface area contributed by atoms with Crippen molar-refractivity contribution in [2.24, 2.45) is 0 Å². The van der Waals surface area contributed by atoms with Crippen LogP contribution in [0.2, 0.25) is 5.02 Å². The fraction of sp³-hybridized carbons (Fsp3) is 0.200. The van der Waals surface area contributed by atoms with Crippen molar-refractivity contribution in [1.29, 1.82) is 0 Å². The molecule has 0 amide bonds. The molecule has 0 aliphatic carbocycles. The van der Waals surface area contributed by atoms with E-state index in [1.165, 1.54) is 18.2 Å². The molecule has 6 heteroatoms. The number of nitrogens with one attached hydrogen (secondary N) is 1. The highest BCUT2D eigenvalue weighted by Crippen LogP contribution is 2.24. The predicted molar refractivity (Wildman–Crippen MR) is 57.5 cm³/mol. The maximum absolute atomic E-state index is 13.4. The van der Waals surface area contributed by atoms with E-state index in [2.05, 4.69) is 15.5 Å². The van der Waals surface area contributed by atoms with E-state index >= 15 is 0 Å². The monoisotopic (exact) mass is 241 g/mol. The number of hydrogen-bond donors (Lipinski definition) is 1. The summed E-state index contributed by atoms with van der Waals surface area (Å²) >= 11 is 5.77. The number of nitrogens with zero attached hydrogens (tertiary/aromatic N) is 2. The highest BCUT2D eigenvalue weighted by atomic mass is 35.5. The molecule has 2 rings (SSSR count). The normalized spacial score (nSPS) is 10.7. The van der Waals surface area contributed by atoms with Crippen molar-refractivity contribution in [3.63, 3.8) is 0 Å². The summed E-state index contributed by atoms with van der Waals surface area (Å²) in [5, 5.41) is 10.8. The summed E-state index contributed by atoms with van der Waals surface area (Å²) in [6, 6.07) is 4.18. The van der Waals surface area contributed by atoms with Crippen molar-refractivity contribution >= 4 is 11.6 Å². The smallest absolute Gasteiger partial charge is 0.250 e. The van der Waals surface area contributed by atoms with Crippen LogP contribution in [0, 0.1) is 5.82 Å². The highest BCUT2D eigenvalue weighted by Gasteiger charge is 2.12. The van der Waals surface area contributed by atoms with Crippen LogP contribution >= 0.6 is 11.6 Å². The second kappa shape index (κ2) is 4.59. The summed E-state index contributed by atoms with van der Waals surface area (Å²) in [7, 11) is 1.75. The van der Waals surface area contributed by atoms with Crippen LogP contribution in [0.15, 0.2) is 22.6 Å². The second-order valence-corrected chi connectivity index (χ2v) is 3.59. The fourth-order valence-corrected chi connectivity index (χ4v) is 1.42. The third-order valence-electron chi connectivity index (χ3n) is 1.95. The summed E-state index contributed by atoms with van der Waals surface area (Å²) in [4.78, 5) is 0. The average molecular weight is 242 g/mol. The molecule has 0 aliphatic heterocycles. The van der Waals surface area contributed by atoms with Crippen LogP contribution in [0.1, 0.15) is 5.89 Å². The third-order valence-corrected chi connectivity index (χ3v) is 2.19. The lowest BCUT2D eigenvalue weighted by Gasteiger charge is -1.97. The van der Waals surface area contributed by atoms with E-state index in [9.17, 15) is 4.39 Å². The van der Waals surface area contributed by atoms with Crippen molar-refractivity contribution in [3.05, 3.63) is 34.9 Å². The molecule has 0 spiro atoms. The molecule has 16 heavy (non-hydrogen) atoms. The Bertz CT molecular complexity index is 501. The Morgan fingerprint density at radius 3 is 3.00 bits per heavy atom. The predicted octanol–water partition coefficient (Wildman–Crippen LogP) is 2.25. The van der Waals surface area contributed by atoms with Crippen molar-refractivity contribution in [2.45, 2.75) is 6.54 Å². The molecule has 84 valence electrons. The summed E-state index contributed by atoms with van der Waals surface area (Å²) in [5.41, 5.74) is 0.211. The van der Waals surface area contributed by atoms with Crippen LogP contribution in [-0.2, 0) is 6.54 Å². The number of benzene rings is 1. The van der Waals surface area contributed by atoms with Gasteiger partial charge in [0.25, 0.3) is 5.89 Å². The Hall–Kier alpha value is -1.46. The lowest BCUT2D eigenvalue weighted by Crippen LogP contribution is -2.04. The minimum atomic E-state index is -0.441. The largest absolute Gasteiger partial charge is 0.419 e. The maximum Gasteiger partial charge on any atom is 0.250 e. The minimum absolute atomic E-state index is 0.130. The van der Waals surface area contributed by atoms with Gasteiger partial charge in [0.05, 0.1) is 12.1 Å². The zero-order valence-corrected chi connectivity index (χ0v) is 9.25. The topological polar surface area (TPSA) is 51.0 Å². The van der Waals surface area contributed by atoms with Gasteiger partial charge in [-0.1, -0.05) is 11.6 Å². The Kier molecular flexibility index (Phi) is 3.17. The van der Waals surface area contributed by atoms with Gasteiger partial charge in [-0.2, -0.15) is 0 Å². The molecular formula is C10H9ClFN3O. The maximum atomic E-state index is 13.4. The van der Waals surface area contributed by atoms with Crippen molar-refractivity contribution in [3.8, 4) is 11.5 Å². The third kappa shape index (κ3) is 2.20. The molecular weight excluding hydrogens is 233 g/mol. The summed E-state index contributed by atoms with van der Waals surface area (Å²) in [5.74, 6) is 0.0891. The Labute approximate surface area is 96.4 Å². The fourth-order valence-electron chi connectivity index (χ4n) is 1.25. The lowest BCUT2D eigenvalue weighted by molar-refractivity contribution is 0.487. The van der Waals surface area contributed by atoms with Gasteiger partial charge in [0.1, 0.15) is 5.82 Å². The van der Waals surface area contributed by atoms with Crippen molar-refractivity contribution in [2.75, 3.05) is 7.05 Å². The van der Waals surface area contributed by atoms with E-state index in [-0.39, 0.29) is 11.5 Å². The first-order valence-electron chi connectivity index (χ1n) is 4.63. The number of aromatic nitrogens is 2. The SMILES string of the molecule is CNCc1nnc(-c2cc(Cl)ccc2F)o1. The first-order chi connectivity index (χ1) is 7.70. The molecule has 0 fully saturated rings. The molecule has 1 heterocycles. The second-order valence-electron chi connectivity index (χ2n) is 3.16. The first-order valence-corrected chi connectivity index (χ1v) is 5.01. The van der Waals surface area contributed by atoms with E-state index in [4.69, 9.17) is 16.0 Å². The summed E-state index contributed by atoms with van der Waals surface area (Å²) in [6.07, 6.45) is 0. The summed E-state index contributed by atoms with van der Waals surface area (Å²) in [6.45, 7) is 0.440. The number of halogens is 2. The molecule has 2 aromatic rings. The lowest BCUT2D eigenvalue weighted by atomic mass is 10.2. The Balaban J connectivity index is 2.38.